The predicted molar refractivity (Wildman–Crippen MR) is 125 cm³/mol. The zero-order valence-electron chi connectivity index (χ0n) is 19.4. The molecule has 178 valence electrons. The number of likely N-dealkylation sites (tertiary alicyclic amines) is 1. The molecule has 33 heavy (non-hydrogen) atoms. The molecule has 1 aromatic carbocycles. The Bertz CT molecular complexity index is 830. The number of allylic oxidation sites excluding steroid dienone is 1. The van der Waals surface area contributed by atoms with Gasteiger partial charge in [-0.1, -0.05) is 50.3 Å². The molecule has 0 aliphatic carbocycles. The lowest BCUT2D eigenvalue weighted by Crippen LogP contribution is -2.42. The maximum atomic E-state index is 12.5. The number of carbonyl (C=O) groups excluding carboxylic acids is 2. The van der Waals surface area contributed by atoms with Crippen molar-refractivity contribution in [1.29, 1.82) is 5.26 Å². The number of nitrogens with zero attached hydrogens (tertiary/aromatic N) is 2. The molecule has 0 aromatic heterocycles. The van der Waals surface area contributed by atoms with E-state index in [1.165, 1.54) is 0 Å². The lowest BCUT2D eigenvalue weighted by Gasteiger charge is -2.32. The van der Waals surface area contributed by atoms with Gasteiger partial charge in [0.05, 0.1) is 0 Å². The van der Waals surface area contributed by atoms with Gasteiger partial charge in [-0.05, 0) is 43.1 Å². The van der Waals surface area contributed by atoms with E-state index in [1.807, 2.05) is 50.2 Å². The molecule has 2 amide bonds. The lowest BCUT2D eigenvalue weighted by molar-refractivity contribution is -0.128. The number of rotatable bonds is 11. The van der Waals surface area contributed by atoms with Crippen molar-refractivity contribution in [2.24, 2.45) is 11.8 Å². The second-order valence-corrected chi connectivity index (χ2v) is 8.77. The molecule has 1 atom stereocenters. The number of piperidine rings is 1. The minimum atomic E-state index is -1.97. The van der Waals surface area contributed by atoms with Crippen molar-refractivity contribution in [3.05, 3.63) is 47.5 Å². The molecule has 0 radical (unpaired) electrons. The van der Waals surface area contributed by atoms with Crippen molar-refractivity contribution < 1.29 is 24.3 Å². The van der Waals surface area contributed by atoms with Crippen molar-refractivity contribution in [3.63, 3.8) is 0 Å². The average Bonchev–Trinajstić information content (AvgIpc) is 2.77. The van der Waals surface area contributed by atoms with Crippen molar-refractivity contribution in [3.8, 4) is 6.07 Å². The quantitative estimate of drug-likeness (QED) is 0.203. The minimum absolute atomic E-state index is 0.144. The van der Waals surface area contributed by atoms with E-state index >= 15 is 0 Å². The zero-order valence-corrected chi connectivity index (χ0v) is 19.4. The molecule has 3 N–H and O–H groups in total. The number of benzene rings is 1. The summed E-state index contributed by atoms with van der Waals surface area (Å²) in [5, 5.41) is 30.3. The highest BCUT2D eigenvalue weighted by Gasteiger charge is 2.25. The third-order valence-corrected chi connectivity index (χ3v) is 5.64. The Morgan fingerprint density at radius 1 is 1.27 bits per heavy atom. The van der Waals surface area contributed by atoms with Gasteiger partial charge in [0, 0.05) is 25.9 Å². The summed E-state index contributed by atoms with van der Waals surface area (Å²) in [6.07, 6.45) is 4.78. The standard InChI is InChI=1S/C24H34BN3O5/c1-18(2)15-21(17-26)24(30)28-13-11-19(12-14-28)9-6-10-22(29)27-23(33-25(31)32)16-20-7-4-3-5-8-20/h3-5,7-8,15,18-19,23,31-32H,6,9-14,16H2,1-2H3,(H,27,29)/t23-/m1/s1. The van der Waals surface area contributed by atoms with Gasteiger partial charge < -0.3 is 24.9 Å². The molecule has 2 rings (SSSR count). The maximum absolute atomic E-state index is 12.5. The van der Waals surface area contributed by atoms with Gasteiger partial charge in [-0.3, -0.25) is 9.59 Å². The summed E-state index contributed by atoms with van der Waals surface area (Å²) in [5.41, 5.74) is 1.12. The van der Waals surface area contributed by atoms with Gasteiger partial charge in [-0.2, -0.15) is 5.26 Å². The largest absolute Gasteiger partial charge is 0.635 e. The van der Waals surface area contributed by atoms with Crippen molar-refractivity contribution in [2.75, 3.05) is 13.1 Å². The summed E-state index contributed by atoms with van der Waals surface area (Å²) < 4.78 is 5.02. The first-order chi connectivity index (χ1) is 15.8. The summed E-state index contributed by atoms with van der Waals surface area (Å²) in [4.78, 5) is 26.6. The van der Waals surface area contributed by atoms with Crippen molar-refractivity contribution >= 4 is 19.1 Å². The topological polar surface area (TPSA) is 123 Å². The van der Waals surface area contributed by atoms with E-state index in [0.29, 0.717) is 38.3 Å². The van der Waals surface area contributed by atoms with Crippen LogP contribution in [-0.2, 0) is 20.7 Å². The van der Waals surface area contributed by atoms with E-state index in [2.05, 4.69) is 5.32 Å². The third kappa shape index (κ3) is 9.78. The second kappa shape index (κ2) is 13.8. The zero-order chi connectivity index (χ0) is 24.2. The lowest BCUT2D eigenvalue weighted by atomic mass is 9.91. The van der Waals surface area contributed by atoms with Crippen LogP contribution in [-0.4, -0.2) is 53.4 Å². The van der Waals surface area contributed by atoms with Crippen LogP contribution in [0.5, 0.6) is 0 Å². The molecule has 1 aromatic rings. The average molecular weight is 455 g/mol. The maximum Gasteiger partial charge on any atom is 0.635 e. The summed E-state index contributed by atoms with van der Waals surface area (Å²) in [7, 11) is -1.97. The molecule has 9 heteroatoms. The second-order valence-electron chi connectivity index (χ2n) is 8.77. The SMILES string of the molecule is CC(C)C=C(C#N)C(=O)N1CCC(CCCC(=O)N[C@@H](Cc2ccccc2)OB(O)O)CC1. The normalized spacial score (nSPS) is 15.8. The predicted octanol–water partition coefficient (Wildman–Crippen LogP) is 2.17. The number of nitriles is 1. The highest BCUT2D eigenvalue weighted by atomic mass is 16.6. The molecule has 1 saturated heterocycles. The van der Waals surface area contributed by atoms with Crippen LogP contribution >= 0.6 is 0 Å². The highest BCUT2D eigenvalue weighted by Crippen LogP contribution is 2.24. The van der Waals surface area contributed by atoms with Crippen molar-refractivity contribution in [2.45, 2.75) is 58.6 Å². The third-order valence-electron chi connectivity index (χ3n) is 5.64. The van der Waals surface area contributed by atoms with Crippen LogP contribution in [0.15, 0.2) is 42.0 Å². The van der Waals surface area contributed by atoms with Crippen LogP contribution in [0.1, 0.15) is 51.5 Å². The van der Waals surface area contributed by atoms with Crippen LogP contribution in [0.3, 0.4) is 0 Å². The number of hydrogen-bond acceptors (Lipinski definition) is 6. The van der Waals surface area contributed by atoms with Gasteiger partial charge in [0.25, 0.3) is 5.91 Å². The van der Waals surface area contributed by atoms with E-state index in [0.717, 1.165) is 24.8 Å². The van der Waals surface area contributed by atoms with Crippen LogP contribution in [0.4, 0.5) is 0 Å². The first-order valence-electron chi connectivity index (χ1n) is 11.5. The molecule has 1 heterocycles. The van der Waals surface area contributed by atoms with E-state index < -0.39 is 13.5 Å². The van der Waals surface area contributed by atoms with Crippen LogP contribution in [0, 0.1) is 23.2 Å². The van der Waals surface area contributed by atoms with Gasteiger partial charge >= 0.3 is 7.32 Å². The van der Waals surface area contributed by atoms with Crippen molar-refractivity contribution in [1.82, 2.24) is 10.2 Å². The Morgan fingerprint density at radius 3 is 2.52 bits per heavy atom. The van der Waals surface area contributed by atoms with Gasteiger partial charge in [0.1, 0.15) is 17.9 Å². The van der Waals surface area contributed by atoms with E-state index in [-0.39, 0.29) is 23.3 Å². The molecule has 0 bridgehead atoms. The monoisotopic (exact) mass is 455 g/mol. The summed E-state index contributed by atoms with van der Waals surface area (Å²) in [6, 6.07) is 11.4. The Balaban J connectivity index is 1.73. The molecule has 0 saturated carbocycles. The van der Waals surface area contributed by atoms with Gasteiger partial charge in [0.15, 0.2) is 0 Å². The summed E-state index contributed by atoms with van der Waals surface area (Å²) in [6.45, 7) is 5.12. The Hall–Kier alpha value is -2.67. The summed E-state index contributed by atoms with van der Waals surface area (Å²) in [5.74, 6) is 0.170. The van der Waals surface area contributed by atoms with Crippen LogP contribution < -0.4 is 5.32 Å². The van der Waals surface area contributed by atoms with E-state index in [4.69, 9.17) is 14.7 Å². The molecule has 0 spiro atoms. The Labute approximate surface area is 196 Å². The number of carbonyl (C=O) groups is 2. The fraction of sp³-hybridized carbons (Fsp3) is 0.542. The molecular formula is C24H34BN3O5. The number of nitrogens with one attached hydrogen (secondary N) is 1. The first kappa shape index (κ1) is 26.6. The fourth-order valence-corrected chi connectivity index (χ4v) is 4.00. The summed E-state index contributed by atoms with van der Waals surface area (Å²) >= 11 is 0. The molecule has 8 nitrogen and oxygen atoms in total. The molecule has 1 fully saturated rings. The molecular weight excluding hydrogens is 421 g/mol. The van der Waals surface area contributed by atoms with Gasteiger partial charge in [0.2, 0.25) is 5.91 Å². The fourth-order valence-electron chi connectivity index (χ4n) is 4.00. The Kier molecular flexibility index (Phi) is 11.1. The highest BCUT2D eigenvalue weighted by molar-refractivity contribution is 6.32. The minimum Gasteiger partial charge on any atom is -0.402 e. The van der Waals surface area contributed by atoms with E-state index in [1.54, 1.807) is 11.0 Å². The molecule has 1 aliphatic heterocycles. The first-order valence-corrected chi connectivity index (χ1v) is 11.5. The number of hydrogen-bond donors (Lipinski definition) is 3. The van der Waals surface area contributed by atoms with E-state index in [9.17, 15) is 14.9 Å². The van der Waals surface area contributed by atoms with Crippen LogP contribution in [0.25, 0.3) is 0 Å². The molecule has 0 unspecified atom stereocenters. The van der Waals surface area contributed by atoms with Gasteiger partial charge in [-0.15, -0.1) is 0 Å². The van der Waals surface area contributed by atoms with Crippen LogP contribution in [0.2, 0.25) is 0 Å². The number of amides is 2. The molecule has 1 aliphatic rings. The smallest absolute Gasteiger partial charge is 0.402 e. The van der Waals surface area contributed by atoms with Gasteiger partial charge in [-0.25, -0.2) is 0 Å². The Morgan fingerprint density at radius 2 is 1.94 bits per heavy atom.